The normalized spacial score (nSPS) is 20.2. The maximum atomic E-state index is 13.4. The zero-order valence-corrected chi connectivity index (χ0v) is 19.2. The Labute approximate surface area is 194 Å². The van der Waals surface area contributed by atoms with Gasteiger partial charge in [0.2, 0.25) is 15.9 Å². The molecular formula is C24H29N3O5S. The van der Waals surface area contributed by atoms with Gasteiger partial charge in [-0.3, -0.25) is 10.1 Å². The number of hydrogen-bond donors (Lipinski definition) is 2. The van der Waals surface area contributed by atoms with Gasteiger partial charge in [0.05, 0.1) is 11.8 Å². The van der Waals surface area contributed by atoms with Crippen molar-refractivity contribution in [3.8, 4) is 0 Å². The highest BCUT2D eigenvalue weighted by molar-refractivity contribution is 7.89. The predicted octanol–water partition coefficient (Wildman–Crippen LogP) is 2.05. The minimum Gasteiger partial charge on any atom is -0.379 e. The fourth-order valence-corrected chi connectivity index (χ4v) is 6.58. The lowest BCUT2D eigenvalue weighted by molar-refractivity contribution is -0.121. The van der Waals surface area contributed by atoms with Gasteiger partial charge in [-0.05, 0) is 30.4 Å². The first-order valence-electron chi connectivity index (χ1n) is 11.2. The Balaban J connectivity index is 1.55. The lowest BCUT2D eigenvalue weighted by atomic mass is 9.79. The van der Waals surface area contributed by atoms with Crippen LogP contribution >= 0.6 is 0 Å². The summed E-state index contributed by atoms with van der Waals surface area (Å²) in [5.74, 6) is -0.453. The first-order valence-corrected chi connectivity index (χ1v) is 12.8. The van der Waals surface area contributed by atoms with Crippen LogP contribution in [-0.4, -0.2) is 66.1 Å². The third-order valence-electron chi connectivity index (χ3n) is 6.44. The zero-order valence-electron chi connectivity index (χ0n) is 18.4. The smallest absolute Gasteiger partial charge is 0.324 e. The Hall–Kier alpha value is -2.75. The number of carbonyl (C=O) groups is 2. The van der Waals surface area contributed by atoms with Gasteiger partial charge in [-0.1, -0.05) is 60.7 Å². The second kappa shape index (κ2) is 9.62. The van der Waals surface area contributed by atoms with Crippen LogP contribution in [0.25, 0.3) is 0 Å². The van der Waals surface area contributed by atoms with Crippen LogP contribution in [0.4, 0.5) is 4.79 Å². The molecule has 4 rings (SSSR count). The standard InChI is InChI=1S/C24H29N3O5S/c28-22-14-17-26(23(29)25-22)15-8-18-33(31,32)27-16-7-13-21(27)24(30,19-9-3-1-4-10-19)20-11-5-2-6-12-20/h1-6,9-12,21,30H,7-8,13-18H2,(H,25,28,29)/t21-/m1/s1. The molecule has 2 aliphatic rings. The van der Waals surface area contributed by atoms with Crippen LogP contribution in [0.1, 0.15) is 36.8 Å². The summed E-state index contributed by atoms with van der Waals surface area (Å²) in [6.07, 6.45) is 1.66. The molecule has 0 unspecified atom stereocenters. The van der Waals surface area contributed by atoms with Crippen LogP contribution in [0.3, 0.4) is 0 Å². The highest BCUT2D eigenvalue weighted by Gasteiger charge is 2.49. The van der Waals surface area contributed by atoms with Crippen LogP contribution in [-0.2, 0) is 20.4 Å². The Morgan fingerprint density at radius 1 is 0.970 bits per heavy atom. The molecule has 2 heterocycles. The lowest BCUT2D eigenvalue weighted by Crippen LogP contribution is -2.51. The Morgan fingerprint density at radius 3 is 2.15 bits per heavy atom. The van der Waals surface area contributed by atoms with E-state index in [1.54, 1.807) is 0 Å². The average Bonchev–Trinajstić information content (AvgIpc) is 3.33. The van der Waals surface area contributed by atoms with Crippen molar-refractivity contribution < 1.29 is 23.1 Å². The van der Waals surface area contributed by atoms with Crippen LogP contribution in [0.5, 0.6) is 0 Å². The second-order valence-electron chi connectivity index (χ2n) is 8.53. The maximum Gasteiger partial charge on any atom is 0.324 e. The van der Waals surface area contributed by atoms with Crippen molar-refractivity contribution in [1.82, 2.24) is 14.5 Å². The minimum atomic E-state index is -3.69. The molecule has 0 bridgehead atoms. The monoisotopic (exact) mass is 471 g/mol. The maximum absolute atomic E-state index is 13.4. The van der Waals surface area contributed by atoms with Gasteiger partial charge in [-0.2, -0.15) is 4.31 Å². The lowest BCUT2D eigenvalue weighted by Gasteiger charge is -2.39. The molecule has 2 aromatic rings. The molecule has 0 radical (unpaired) electrons. The van der Waals surface area contributed by atoms with Gasteiger partial charge in [0, 0.05) is 26.1 Å². The first kappa shape index (κ1) is 23.4. The van der Waals surface area contributed by atoms with E-state index >= 15 is 0 Å². The molecule has 176 valence electrons. The molecular weight excluding hydrogens is 442 g/mol. The van der Waals surface area contributed by atoms with Crippen molar-refractivity contribution in [2.24, 2.45) is 0 Å². The number of rotatable bonds is 8. The van der Waals surface area contributed by atoms with E-state index in [1.807, 2.05) is 60.7 Å². The fourth-order valence-electron chi connectivity index (χ4n) is 4.79. The summed E-state index contributed by atoms with van der Waals surface area (Å²) < 4.78 is 28.2. The van der Waals surface area contributed by atoms with Gasteiger partial charge in [0.25, 0.3) is 0 Å². The van der Waals surface area contributed by atoms with E-state index in [0.29, 0.717) is 37.1 Å². The summed E-state index contributed by atoms with van der Waals surface area (Å²) in [7, 11) is -3.69. The fraction of sp³-hybridized carbons (Fsp3) is 0.417. The largest absolute Gasteiger partial charge is 0.379 e. The first-order chi connectivity index (χ1) is 15.8. The van der Waals surface area contributed by atoms with E-state index < -0.39 is 27.7 Å². The van der Waals surface area contributed by atoms with Crippen molar-refractivity contribution in [2.45, 2.75) is 37.3 Å². The van der Waals surface area contributed by atoms with Gasteiger partial charge < -0.3 is 10.0 Å². The number of carbonyl (C=O) groups excluding carboxylic acids is 2. The van der Waals surface area contributed by atoms with Gasteiger partial charge in [0.1, 0.15) is 5.60 Å². The van der Waals surface area contributed by atoms with E-state index in [9.17, 15) is 23.1 Å². The van der Waals surface area contributed by atoms with E-state index in [0.717, 1.165) is 0 Å². The van der Waals surface area contributed by atoms with Crippen molar-refractivity contribution in [3.05, 3.63) is 71.8 Å². The molecule has 0 spiro atoms. The molecule has 0 aliphatic carbocycles. The number of aliphatic hydroxyl groups is 1. The van der Waals surface area contributed by atoms with Crippen molar-refractivity contribution in [1.29, 1.82) is 0 Å². The number of nitrogens with zero attached hydrogens (tertiary/aromatic N) is 2. The van der Waals surface area contributed by atoms with E-state index in [-0.39, 0.29) is 31.0 Å². The number of urea groups is 1. The van der Waals surface area contributed by atoms with E-state index in [1.165, 1.54) is 9.21 Å². The number of amides is 3. The number of benzene rings is 2. The van der Waals surface area contributed by atoms with Crippen LogP contribution in [0.15, 0.2) is 60.7 Å². The van der Waals surface area contributed by atoms with Crippen LogP contribution in [0, 0.1) is 0 Å². The molecule has 2 N–H and O–H groups in total. The number of hydrogen-bond acceptors (Lipinski definition) is 5. The van der Waals surface area contributed by atoms with Gasteiger partial charge in [-0.15, -0.1) is 0 Å². The SMILES string of the molecule is O=C1CCN(CCCS(=O)(=O)N2CCC[C@@H]2C(O)(c2ccccc2)c2ccccc2)C(=O)N1. The molecule has 2 aliphatic heterocycles. The number of sulfonamides is 1. The summed E-state index contributed by atoms with van der Waals surface area (Å²) >= 11 is 0. The summed E-state index contributed by atoms with van der Waals surface area (Å²) in [5, 5.41) is 14.3. The topological polar surface area (TPSA) is 107 Å². The Bertz CT molecular complexity index is 1050. The van der Waals surface area contributed by atoms with Crippen molar-refractivity contribution >= 4 is 22.0 Å². The summed E-state index contributed by atoms with van der Waals surface area (Å²) in [4.78, 5) is 24.7. The molecule has 1 atom stereocenters. The third kappa shape index (κ3) is 4.80. The molecule has 2 saturated heterocycles. The quantitative estimate of drug-likeness (QED) is 0.613. The highest BCUT2D eigenvalue weighted by atomic mass is 32.2. The van der Waals surface area contributed by atoms with Crippen LogP contribution < -0.4 is 5.32 Å². The van der Waals surface area contributed by atoms with Crippen molar-refractivity contribution in [3.63, 3.8) is 0 Å². The molecule has 3 amide bonds. The molecule has 2 aromatic carbocycles. The molecule has 8 nitrogen and oxygen atoms in total. The summed E-state index contributed by atoms with van der Waals surface area (Å²) in [5.41, 5.74) is -0.185. The molecule has 33 heavy (non-hydrogen) atoms. The van der Waals surface area contributed by atoms with Gasteiger partial charge >= 0.3 is 6.03 Å². The van der Waals surface area contributed by atoms with Crippen molar-refractivity contribution in [2.75, 3.05) is 25.4 Å². The third-order valence-corrected chi connectivity index (χ3v) is 8.40. The van der Waals surface area contributed by atoms with E-state index in [2.05, 4.69) is 5.32 Å². The zero-order chi connectivity index (χ0) is 23.5. The van der Waals surface area contributed by atoms with Gasteiger partial charge in [0.15, 0.2) is 0 Å². The summed E-state index contributed by atoms with van der Waals surface area (Å²) in [6.45, 7) is 0.880. The molecule has 0 saturated carbocycles. The molecule has 0 aromatic heterocycles. The minimum absolute atomic E-state index is 0.138. The molecule has 2 fully saturated rings. The number of nitrogens with one attached hydrogen (secondary N) is 1. The summed E-state index contributed by atoms with van der Waals surface area (Å²) in [6, 6.07) is 17.3. The van der Waals surface area contributed by atoms with Crippen LogP contribution in [0.2, 0.25) is 0 Å². The average molecular weight is 472 g/mol. The Morgan fingerprint density at radius 2 is 1.58 bits per heavy atom. The predicted molar refractivity (Wildman–Crippen MR) is 124 cm³/mol. The Kier molecular flexibility index (Phi) is 6.83. The number of imide groups is 1. The van der Waals surface area contributed by atoms with E-state index in [4.69, 9.17) is 0 Å². The van der Waals surface area contributed by atoms with Gasteiger partial charge in [-0.25, -0.2) is 13.2 Å². The second-order valence-corrected chi connectivity index (χ2v) is 10.6. The highest BCUT2D eigenvalue weighted by Crippen LogP contribution is 2.41. The molecule has 9 heteroatoms.